The summed E-state index contributed by atoms with van der Waals surface area (Å²) in [7, 11) is 1.89. The molecule has 2 heterocycles. The predicted molar refractivity (Wildman–Crippen MR) is 72.3 cm³/mol. The number of carbonyl (C=O) groups excluding carboxylic acids is 1. The van der Waals surface area contributed by atoms with Gasteiger partial charge in [0.05, 0.1) is 11.6 Å². The second-order valence-electron chi connectivity index (χ2n) is 5.93. The zero-order valence-corrected chi connectivity index (χ0v) is 11.5. The average molecular weight is 262 g/mol. The molecule has 104 valence electrons. The Kier molecular flexibility index (Phi) is 3.31. The van der Waals surface area contributed by atoms with Crippen LogP contribution in [0, 0.1) is 11.3 Å². The first kappa shape index (κ1) is 12.7. The third-order valence-electron chi connectivity index (χ3n) is 4.70. The molecule has 0 bridgehead atoms. The number of fused-ring (bicyclic) bond motifs is 1. The Labute approximate surface area is 113 Å². The molecule has 19 heavy (non-hydrogen) atoms. The fourth-order valence-electron chi connectivity index (χ4n) is 3.61. The molecule has 1 aromatic heterocycles. The van der Waals surface area contributed by atoms with E-state index in [-0.39, 0.29) is 11.3 Å². The summed E-state index contributed by atoms with van der Waals surface area (Å²) in [5.74, 6) is 0.751. The van der Waals surface area contributed by atoms with Crippen LogP contribution in [-0.4, -0.2) is 28.8 Å². The van der Waals surface area contributed by atoms with Crippen LogP contribution >= 0.6 is 0 Å². The number of nitrogens with zero attached hydrogens (tertiary/aromatic N) is 2. The number of rotatable bonds is 3. The number of hydrogen-bond acceptors (Lipinski definition) is 3. The van der Waals surface area contributed by atoms with Crippen molar-refractivity contribution in [3.63, 3.8) is 0 Å². The monoisotopic (exact) mass is 262 g/mol. The largest absolute Gasteiger partial charge is 0.351 e. The van der Waals surface area contributed by atoms with Crippen molar-refractivity contribution in [3.8, 4) is 0 Å². The van der Waals surface area contributed by atoms with Crippen LogP contribution in [0.3, 0.4) is 0 Å². The van der Waals surface area contributed by atoms with Crippen molar-refractivity contribution in [3.05, 3.63) is 18.0 Å². The number of aromatic nitrogens is 2. The minimum Gasteiger partial charge on any atom is -0.351 e. The molecule has 2 fully saturated rings. The van der Waals surface area contributed by atoms with Gasteiger partial charge in [0.1, 0.15) is 0 Å². The Hall–Kier alpha value is -1.36. The maximum atomic E-state index is 12.6. The van der Waals surface area contributed by atoms with Crippen molar-refractivity contribution < 1.29 is 4.79 Å². The second kappa shape index (κ2) is 4.96. The Morgan fingerprint density at radius 1 is 1.63 bits per heavy atom. The quantitative estimate of drug-likeness (QED) is 0.848. The van der Waals surface area contributed by atoms with Gasteiger partial charge in [0.15, 0.2) is 0 Å². The zero-order valence-electron chi connectivity index (χ0n) is 11.5. The van der Waals surface area contributed by atoms with Crippen molar-refractivity contribution in [2.75, 3.05) is 13.1 Å². The third-order valence-corrected chi connectivity index (χ3v) is 4.70. The summed E-state index contributed by atoms with van der Waals surface area (Å²) in [6, 6.07) is 0. The molecular formula is C14H22N4O. The molecule has 1 amide bonds. The van der Waals surface area contributed by atoms with Crippen LogP contribution in [0.1, 0.15) is 31.2 Å². The Morgan fingerprint density at radius 2 is 2.53 bits per heavy atom. The average Bonchev–Trinajstić information content (AvgIpc) is 3.02. The van der Waals surface area contributed by atoms with Crippen molar-refractivity contribution in [2.24, 2.45) is 18.4 Å². The lowest BCUT2D eigenvalue weighted by atomic mass is 9.67. The molecule has 3 rings (SSSR count). The lowest BCUT2D eigenvalue weighted by Crippen LogP contribution is -2.47. The molecule has 5 heteroatoms. The highest BCUT2D eigenvalue weighted by Crippen LogP contribution is 2.43. The molecule has 1 saturated carbocycles. The molecular weight excluding hydrogens is 240 g/mol. The summed E-state index contributed by atoms with van der Waals surface area (Å²) < 4.78 is 1.76. The van der Waals surface area contributed by atoms with Crippen LogP contribution in [-0.2, 0) is 18.4 Å². The Bertz CT molecular complexity index is 470. The number of amides is 1. The summed E-state index contributed by atoms with van der Waals surface area (Å²) in [6.45, 7) is 2.43. The SMILES string of the molecule is Cn1cc(CNC(=O)[C@@]23CCCC[C@H]2CNC3)cn1. The first-order valence-electron chi connectivity index (χ1n) is 7.17. The van der Waals surface area contributed by atoms with Gasteiger partial charge >= 0.3 is 0 Å². The van der Waals surface area contributed by atoms with Gasteiger partial charge in [0.25, 0.3) is 0 Å². The molecule has 1 aliphatic carbocycles. The van der Waals surface area contributed by atoms with Crippen LogP contribution in [0.15, 0.2) is 12.4 Å². The van der Waals surface area contributed by atoms with Crippen LogP contribution in [0.25, 0.3) is 0 Å². The molecule has 5 nitrogen and oxygen atoms in total. The molecule has 1 aromatic rings. The van der Waals surface area contributed by atoms with Gasteiger partial charge in [-0.1, -0.05) is 12.8 Å². The van der Waals surface area contributed by atoms with E-state index >= 15 is 0 Å². The lowest BCUT2D eigenvalue weighted by molar-refractivity contribution is -0.134. The minimum atomic E-state index is -0.152. The van der Waals surface area contributed by atoms with E-state index in [9.17, 15) is 4.79 Å². The predicted octanol–water partition coefficient (Wildman–Crippen LogP) is 0.816. The summed E-state index contributed by atoms with van der Waals surface area (Å²) in [6.07, 6.45) is 8.42. The van der Waals surface area contributed by atoms with E-state index in [0.29, 0.717) is 12.5 Å². The van der Waals surface area contributed by atoms with Crippen molar-refractivity contribution in [1.29, 1.82) is 0 Å². The number of carbonyl (C=O) groups is 1. The van der Waals surface area contributed by atoms with Crippen LogP contribution < -0.4 is 10.6 Å². The van der Waals surface area contributed by atoms with E-state index in [4.69, 9.17) is 0 Å². The summed E-state index contributed by atoms with van der Waals surface area (Å²) >= 11 is 0. The van der Waals surface area contributed by atoms with Gasteiger partial charge in [-0.15, -0.1) is 0 Å². The van der Waals surface area contributed by atoms with Gasteiger partial charge in [-0.2, -0.15) is 5.10 Å². The smallest absolute Gasteiger partial charge is 0.228 e. The van der Waals surface area contributed by atoms with Gasteiger partial charge in [-0.3, -0.25) is 9.48 Å². The first-order valence-corrected chi connectivity index (χ1v) is 7.17. The van der Waals surface area contributed by atoms with Crippen LogP contribution in [0.5, 0.6) is 0 Å². The summed E-state index contributed by atoms with van der Waals surface area (Å²) in [4.78, 5) is 12.6. The van der Waals surface area contributed by atoms with Gasteiger partial charge < -0.3 is 10.6 Å². The lowest BCUT2D eigenvalue weighted by Gasteiger charge is -2.37. The highest BCUT2D eigenvalue weighted by atomic mass is 16.2. The third kappa shape index (κ3) is 2.27. The molecule has 0 aromatic carbocycles. The van der Waals surface area contributed by atoms with Gasteiger partial charge in [-0.05, 0) is 25.3 Å². The van der Waals surface area contributed by atoms with Crippen molar-refractivity contribution in [1.82, 2.24) is 20.4 Å². The zero-order chi connectivity index (χ0) is 13.3. The Morgan fingerprint density at radius 3 is 3.32 bits per heavy atom. The molecule has 2 atom stereocenters. The van der Waals surface area contributed by atoms with E-state index in [2.05, 4.69) is 15.7 Å². The maximum absolute atomic E-state index is 12.6. The molecule has 2 N–H and O–H groups in total. The normalized spacial score (nSPS) is 30.1. The number of aryl methyl sites for hydroxylation is 1. The van der Waals surface area contributed by atoms with E-state index in [0.717, 1.165) is 25.1 Å². The standard InChI is InChI=1S/C14H22N4O/c1-18-9-11(7-17-18)6-16-13(19)14-5-3-2-4-12(14)8-15-10-14/h7,9,12,15H,2-6,8,10H2,1H3,(H,16,19)/t12-,14+/m0/s1. The Balaban J connectivity index is 1.65. The highest BCUT2D eigenvalue weighted by Gasteiger charge is 2.49. The van der Waals surface area contributed by atoms with Gasteiger partial charge in [0, 0.05) is 31.9 Å². The van der Waals surface area contributed by atoms with E-state index < -0.39 is 0 Å². The molecule has 0 radical (unpaired) electrons. The minimum absolute atomic E-state index is 0.152. The summed E-state index contributed by atoms with van der Waals surface area (Å²) in [5.41, 5.74) is 0.908. The fourth-order valence-corrected chi connectivity index (χ4v) is 3.61. The molecule has 1 aliphatic heterocycles. The molecule has 0 unspecified atom stereocenters. The summed E-state index contributed by atoms with van der Waals surface area (Å²) in [5, 5.41) is 10.6. The van der Waals surface area contributed by atoms with Crippen molar-refractivity contribution >= 4 is 5.91 Å². The van der Waals surface area contributed by atoms with E-state index in [1.54, 1.807) is 4.68 Å². The molecule has 1 saturated heterocycles. The van der Waals surface area contributed by atoms with Gasteiger partial charge in [-0.25, -0.2) is 0 Å². The maximum Gasteiger partial charge on any atom is 0.228 e. The molecule has 2 aliphatic rings. The first-order chi connectivity index (χ1) is 9.21. The van der Waals surface area contributed by atoms with E-state index in [1.807, 2.05) is 19.4 Å². The van der Waals surface area contributed by atoms with Gasteiger partial charge in [0.2, 0.25) is 5.91 Å². The second-order valence-corrected chi connectivity index (χ2v) is 5.93. The van der Waals surface area contributed by atoms with Crippen molar-refractivity contribution in [2.45, 2.75) is 32.2 Å². The van der Waals surface area contributed by atoms with Crippen LogP contribution in [0.2, 0.25) is 0 Å². The number of hydrogen-bond donors (Lipinski definition) is 2. The number of nitrogens with one attached hydrogen (secondary N) is 2. The van der Waals surface area contributed by atoms with Crippen LogP contribution in [0.4, 0.5) is 0 Å². The highest BCUT2D eigenvalue weighted by molar-refractivity contribution is 5.83. The fraction of sp³-hybridized carbons (Fsp3) is 0.714. The topological polar surface area (TPSA) is 59.0 Å². The molecule has 0 spiro atoms. The van der Waals surface area contributed by atoms with E-state index in [1.165, 1.54) is 19.3 Å².